The Labute approximate surface area is 460 Å². The molecule has 0 bridgehead atoms. The van der Waals surface area contributed by atoms with Crippen molar-refractivity contribution in [2.75, 3.05) is 9.62 Å². The molecule has 74 heavy (non-hydrogen) atoms. The second-order valence-electron chi connectivity index (χ2n) is 19.2. The first kappa shape index (κ1) is 35.8. The maximum atomic E-state index is 9.30. The first-order valence-electron chi connectivity index (χ1n) is 29.8. The van der Waals surface area contributed by atoms with Crippen molar-refractivity contribution in [2.24, 2.45) is 0 Å². The topological polar surface area (TPSA) is 38.5 Å². The number of aryl methyl sites for hydroxylation is 2. The van der Waals surface area contributed by atoms with Gasteiger partial charge in [0.15, 0.2) is 0 Å². The van der Waals surface area contributed by atoms with Crippen molar-refractivity contribution >= 4 is 46.4 Å². The average molecular weight is 1150 g/mol. The monoisotopic (exact) mass is 1150 g/mol. The molecule has 0 saturated heterocycles. The molecular weight excluding hydrogens is 1080 g/mol. The predicted octanol–water partition coefficient (Wildman–Crippen LogP) is 16.3. The van der Waals surface area contributed by atoms with Crippen LogP contribution in [0.15, 0.2) is 236 Å². The number of hydrogen-bond acceptors (Lipinski definition) is 4. The van der Waals surface area contributed by atoms with Gasteiger partial charge in [0, 0.05) is 5.69 Å². The summed E-state index contributed by atoms with van der Waals surface area (Å²) in [6.45, 7) is 0.666. The van der Waals surface area contributed by atoms with Crippen molar-refractivity contribution in [1.82, 2.24) is 14.1 Å². The van der Waals surface area contributed by atoms with E-state index in [1.54, 1.807) is 12.1 Å². The van der Waals surface area contributed by atoms with E-state index in [9.17, 15) is 2.74 Å². The van der Waals surface area contributed by atoms with Crippen LogP contribution in [0.25, 0.3) is 55.8 Å². The Morgan fingerprint density at radius 3 is 1.82 bits per heavy atom. The Balaban J connectivity index is 1.11. The third-order valence-electron chi connectivity index (χ3n) is 13.4. The van der Waals surface area contributed by atoms with Gasteiger partial charge in [0.1, 0.15) is 0 Å². The number of benzene rings is 9. The molecule has 12 rings (SSSR count). The van der Waals surface area contributed by atoms with E-state index in [1.165, 1.54) is 12.1 Å². The number of nitrogens with zero attached hydrogens (tertiary/aromatic N) is 5. The Hall–Kier alpha value is -8.25. The third-order valence-corrected chi connectivity index (χ3v) is 14.4. The third kappa shape index (κ3) is 8.51. The van der Waals surface area contributed by atoms with E-state index in [0.717, 1.165) is 33.7 Å². The summed E-state index contributed by atoms with van der Waals surface area (Å²) in [4.78, 5) is 9.58. The quantitative estimate of drug-likeness (QED) is 0.128. The van der Waals surface area contributed by atoms with Gasteiger partial charge in [-0.2, -0.15) is 0 Å². The number of para-hydroxylation sites is 5. The molecule has 0 unspecified atom stereocenters. The molecule has 0 N–H and O–H groups in total. The van der Waals surface area contributed by atoms with Gasteiger partial charge >= 0.3 is 378 Å². The van der Waals surface area contributed by atoms with Gasteiger partial charge in [0.25, 0.3) is 0 Å². The molecule has 0 saturated carbocycles. The van der Waals surface area contributed by atoms with Gasteiger partial charge in [-0.15, -0.1) is 0 Å². The molecule has 3 heterocycles. The summed E-state index contributed by atoms with van der Waals surface area (Å²) in [6.07, 6.45) is 0. The fourth-order valence-electron chi connectivity index (χ4n) is 10.3. The van der Waals surface area contributed by atoms with Gasteiger partial charge in [-0.25, -0.2) is 0 Å². The van der Waals surface area contributed by atoms with Crippen molar-refractivity contribution in [2.45, 2.75) is 39.9 Å². The van der Waals surface area contributed by atoms with Gasteiger partial charge < -0.3 is 0 Å². The standard InChI is InChI=1S/C66H54BN5O.Pt/c1-46-40-55(48-24-10-6-11-25-48)65(56(41-46)49-26-12-7-13-27-49)70-45-69(58-34-20-21-35-59(58)70)52-38-39-54(53-32-18-19-33-57(53)66(3,4)5)62(44-52)73-64-43-47(2)42-63(68-64)72-61-37-23-22-36-60(61)71(51-30-16-9-17-31-51)67(72)50-28-14-8-15-29-50;/h6-44H,1-5H3;/i1D3,2D3,6D,10D,11D,24D,25D;. The van der Waals surface area contributed by atoms with E-state index in [1.807, 2.05) is 155 Å². The fourth-order valence-corrected chi connectivity index (χ4v) is 11.4. The summed E-state index contributed by atoms with van der Waals surface area (Å²) < 4.78 is 109. The molecule has 9 aromatic carbocycles. The van der Waals surface area contributed by atoms with Gasteiger partial charge in [-0.05, 0) is 18.2 Å². The molecule has 8 heteroatoms. The molecule has 1 aliphatic heterocycles. The average Bonchev–Trinajstić information content (AvgIpc) is 1.75. The maximum absolute atomic E-state index is 9.30. The molecule has 362 valence electrons. The van der Waals surface area contributed by atoms with Gasteiger partial charge in [0.2, 0.25) is 0 Å². The van der Waals surface area contributed by atoms with Crippen LogP contribution in [0.5, 0.6) is 11.6 Å². The summed E-state index contributed by atoms with van der Waals surface area (Å²) in [5.74, 6) is 0.733. The van der Waals surface area contributed by atoms with Crippen LogP contribution >= 0.6 is 0 Å². The number of fused-ring (bicyclic) bond motifs is 2. The first-order valence-corrected chi connectivity index (χ1v) is 25.5. The van der Waals surface area contributed by atoms with Crippen LogP contribution in [-0.4, -0.2) is 21.1 Å². The Morgan fingerprint density at radius 2 is 1.12 bits per heavy atom. The zero-order chi connectivity index (χ0) is 59.9. The van der Waals surface area contributed by atoms with Crippen molar-refractivity contribution < 1.29 is 39.2 Å². The van der Waals surface area contributed by atoms with E-state index in [4.69, 9.17) is 22.1 Å². The van der Waals surface area contributed by atoms with Gasteiger partial charge in [0.05, 0.1) is 0 Å². The van der Waals surface area contributed by atoms with E-state index >= 15 is 0 Å². The van der Waals surface area contributed by atoms with E-state index in [2.05, 4.69) is 86.1 Å². The SMILES string of the molecule is [2H]c1c([2H])c([2H])c(-c2cc(C([2H])([2H])[2H])cc(-c3ccccc3)c2-n2[c](=[Pt])n(-c3ccc(-c4ccccc4C(C)(C)C)c(Oc4cc(C([2H])([2H])[2H])cc(N5B(c6ccccc6)N(c6ccccc6)c6ccccc65)n4)c3)c3ccccc32)c([2H])c1[2H]. The Kier molecular flexibility index (Phi) is 9.34. The molecule has 0 amide bonds. The van der Waals surface area contributed by atoms with Crippen LogP contribution in [-0.2, 0) is 24.8 Å². The molecule has 0 atom stereocenters. The molecule has 11 aromatic rings. The van der Waals surface area contributed by atoms with Crippen molar-refractivity contribution in [3.8, 4) is 56.4 Å². The van der Waals surface area contributed by atoms with E-state index in [-0.39, 0.29) is 33.5 Å². The minimum atomic E-state index is -2.66. The molecule has 0 spiro atoms. The van der Waals surface area contributed by atoms with Crippen LogP contribution < -0.4 is 19.8 Å². The number of hydrogen-bond donors (Lipinski definition) is 0. The van der Waals surface area contributed by atoms with Crippen LogP contribution in [0.2, 0.25) is 0 Å². The Bertz CT molecular complexity index is 4440. The van der Waals surface area contributed by atoms with Gasteiger partial charge in [-0.1, -0.05) is 60.7 Å². The molecule has 2 aromatic heterocycles. The summed E-state index contributed by atoms with van der Waals surface area (Å²) in [7, 11) is 0. The summed E-state index contributed by atoms with van der Waals surface area (Å²) in [5, 5.41) is 0. The Morgan fingerprint density at radius 1 is 0.527 bits per heavy atom. The molecule has 0 aliphatic carbocycles. The fraction of sp³-hybridized carbons (Fsp3) is 0.0909. The zero-order valence-electron chi connectivity index (χ0n) is 51.7. The number of imidazole rings is 1. The zero-order valence-corrected chi connectivity index (χ0v) is 42.9. The van der Waals surface area contributed by atoms with Crippen LogP contribution in [0.3, 0.4) is 0 Å². The van der Waals surface area contributed by atoms with Crippen LogP contribution in [0.1, 0.15) is 52.5 Å². The first-order chi connectivity index (χ1) is 40.6. The number of pyridine rings is 1. The second-order valence-corrected chi connectivity index (χ2v) is 20.2. The number of rotatable bonds is 10. The van der Waals surface area contributed by atoms with E-state index < -0.39 is 50.9 Å². The van der Waals surface area contributed by atoms with Crippen LogP contribution in [0, 0.1) is 17.5 Å². The predicted molar refractivity (Wildman–Crippen MR) is 304 cm³/mol. The molecule has 1 aliphatic rings. The number of ether oxygens (including phenoxy) is 1. The summed E-state index contributed by atoms with van der Waals surface area (Å²) in [6, 6.07) is 62.4. The van der Waals surface area contributed by atoms with E-state index in [0.29, 0.717) is 54.5 Å². The summed E-state index contributed by atoms with van der Waals surface area (Å²) >= 11 is 2.22. The molecular formula is C66H54BN5OPt. The van der Waals surface area contributed by atoms with Gasteiger partial charge in [-0.3, -0.25) is 0 Å². The second kappa shape index (κ2) is 19.3. The minimum absolute atomic E-state index is 0.0171. The van der Waals surface area contributed by atoms with Crippen molar-refractivity contribution in [3.63, 3.8) is 0 Å². The van der Waals surface area contributed by atoms with Crippen LogP contribution in [0.4, 0.5) is 22.9 Å². The summed E-state index contributed by atoms with van der Waals surface area (Å²) in [5.41, 5.74) is 9.15. The number of anilines is 4. The molecule has 6 nitrogen and oxygen atoms in total. The normalized spacial score (nSPS) is 14.9. The van der Waals surface area contributed by atoms with Crippen molar-refractivity contribution in [3.05, 3.63) is 257 Å². The van der Waals surface area contributed by atoms with Crippen molar-refractivity contribution in [1.29, 1.82) is 0 Å². The molecule has 0 radical (unpaired) electrons. The number of aromatic nitrogens is 3. The molecule has 0 fully saturated rings.